The number of rotatable bonds is 7. The number of hydrogen-bond acceptors (Lipinski definition) is 4. The number of methoxy groups -OCH3 is 1. The van der Waals surface area contributed by atoms with E-state index < -0.39 is 0 Å². The van der Waals surface area contributed by atoms with Crippen molar-refractivity contribution >= 4 is 5.91 Å². The normalized spacial score (nSPS) is 11.5. The molecule has 1 unspecified atom stereocenters. The highest BCUT2D eigenvalue weighted by Crippen LogP contribution is 2.19. The fourth-order valence-electron chi connectivity index (χ4n) is 1.70. The van der Waals surface area contributed by atoms with Crippen LogP contribution < -0.4 is 15.4 Å². The predicted molar refractivity (Wildman–Crippen MR) is 77.3 cm³/mol. The molecule has 0 fully saturated rings. The minimum absolute atomic E-state index is 0.00698. The van der Waals surface area contributed by atoms with Gasteiger partial charge in [-0.05, 0) is 31.0 Å². The van der Waals surface area contributed by atoms with E-state index in [-0.39, 0.29) is 11.9 Å². The van der Waals surface area contributed by atoms with Gasteiger partial charge in [0.25, 0.3) is 0 Å². The molecule has 108 valence electrons. The van der Waals surface area contributed by atoms with Crippen LogP contribution in [0.5, 0.6) is 5.75 Å². The lowest BCUT2D eigenvalue weighted by Crippen LogP contribution is -2.42. The topological polar surface area (TPSA) is 74.2 Å². The summed E-state index contributed by atoms with van der Waals surface area (Å²) in [5.74, 6) is 0.544. The average molecular weight is 275 g/mol. The van der Waals surface area contributed by atoms with Crippen molar-refractivity contribution in [2.75, 3.05) is 13.7 Å². The molecule has 0 aromatic heterocycles. The first-order chi connectivity index (χ1) is 9.62. The molecule has 1 atom stereocenters. The maximum atomic E-state index is 11.7. The summed E-state index contributed by atoms with van der Waals surface area (Å²) < 4.78 is 5.15. The molecule has 5 heteroatoms. The molecular weight excluding hydrogens is 254 g/mol. The first-order valence-corrected chi connectivity index (χ1v) is 6.70. The van der Waals surface area contributed by atoms with Gasteiger partial charge in [0, 0.05) is 13.1 Å². The van der Waals surface area contributed by atoms with E-state index in [0.29, 0.717) is 24.4 Å². The summed E-state index contributed by atoms with van der Waals surface area (Å²) in [7, 11) is 1.54. The minimum atomic E-state index is -0.261. The van der Waals surface area contributed by atoms with Gasteiger partial charge in [0.15, 0.2) is 0 Å². The van der Waals surface area contributed by atoms with Crippen LogP contribution in [0.1, 0.15) is 31.4 Å². The third-order valence-corrected chi connectivity index (χ3v) is 2.94. The molecule has 0 radical (unpaired) electrons. The van der Waals surface area contributed by atoms with Gasteiger partial charge >= 0.3 is 0 Å². The van der Waals surface area contributed by atoms with Crippen LogP contribution in [0.3, 0.4) is 0 Å². The lowest BCUT2D eigenvalue weighted by molar-refractivity contribution is -0.122. The summed E-state index contributed by atoms with van der Waals surface area (Å²) in [6.07, 6.45) is 0.922. The summed E-state index contributed by atoms with van der Waals surface area (Å²) in [6, 6.07) is 7.19. The highest BCUT2D eigenvalue weighted by Gasteiger charge is 2.11. The molecular formula is C15H21N3O2. The lowest BCUT2D eigenvalue weighted by atomic mass is 10.1. The van der Waals surface area contributed by atoms with Crippen LogP contribution in [0, 0.1) is 11.3 Å². The van der Waals surface area contributed by atoms with Gasteiger partial charge in [-0.1, -0.05) is 13.0 Å². The molecule has 0 saturated carbocycles. The fraction of sp³-hybridized carbons (Fsp3) is 0.467. The van der Waals surface area contributed by atoms with Gasteiger partial charge in [-0.15, -0.1) is 0 Å². The Bertz CT molecular complexity index is 494. The summed E-state index contributed by atoms with van der Waals surface area (Å²) in [4.78, 5) is 11.7. The van der Waals surface area contributed by atoms with E-state index in [2.05, 4.69) is 16.7 Å². The number of nitrogens with one attached hydrogen (secondary N) is 2. The Balaban J connectivity index is 2.57. The second-order valence-corrected chi connectivity index (χ2v) is 4.54. The molecule has 1 aromatic rings. The molecule has 0 aliphatic rings. The van der Waals surface area contributed by atoms with Gasteiger partial charge in [0.05, 0.1) is 18.7 Å². The quantitative estimate of drug-likeness (QED) is 0.792. The SMILES string of the molecule is CCCNC(=O)C(C)NCc1ccc(C#N)c(OC)c1. The van der Waals surface area contributed by atoms with Gasteiger partial charge in [0.1, 0.15) is 11.8 Å². The predicted octanol–water partition coefficient (Wildman–Crippen LogP) is 1.57. The molecule has 0 heterocycles. The Morgan fingerprint density at radius 2 is 2.25 bits per heavy atom. The summed E-state index contributed by atoms with van der Waals surface area (Å²) >= 11 is 0. The number of carbonyl (C=O) groups is 1. The fourth-order valence-corrected chi connectivity index (χ4v) is 1.70. The molecule has 0 bridgehead atoms. The number of ether oxygens (including phenoxy) is 1. The molecule has 5 nitrogen and oxygen atoms in total. The molecule has 0 aliphatic carbocycles. The van der Waals surface area contributed by atoms with Gasteiger partial charge in [0.2, 0.25) is 5.91 Å². The third-order valence-electron chi connectivity index (χ3n) is 2.94. The molecule has 0 spiro atoms. The highest BCUT2D eigenvalue weighted by molar-refractivity contribution is 5.81. The number of amides is 1. The van der Waals surface area contributed by atoms with Crippen molar-refractivity contribution < 1.29 is 9.53 Å². The van der Waals surface area contributed by atoms with E-state index in [4.69, 9.17) is 10.00 Å². The van der Waals surface area contributed by atoms with Crippen LogP contribution >= 0.6 is 0 Å². The van der Waals surface area contributed by atoms with Gasteiger partial charge in [-0.25, -0.2) is 0 Å². The van der Waals surface area contributed by atoms with Crippen molar-refractivity contribution in [3.05, 3.63) is 29.3 Å². The van der Waals surface area contributed by atoms with Crippen molar-refractivity contribution in [3.8, 4) is 11.8 Å². The zero-order valence-electron chi connectivity index (χ0n) is 12.2. The molecule has 0 aliphatic heterocycles. The van der Waals surface area contributed by atoms with E-state index in [9.17, 15) is 4.79 Å². The maximum Gasteiger partial charge on any atom is 0.236 e. The van der Waals surface area contributed by atoms with E-state index in [1.807, 2.05) is 26.0 Å². The number of hydrogen-bond donors (Lipinski definition) is 2. The van der Waals surface area contributed by atoms with Crippen molar-refractivity contribution in [1.29, 1.82) is 5.26 Å². The Kier molecular flexibility index (Phi) is 6.54. The van der Waals surface area contributed by atoms with Crippen LogP contribution in [-0.2, 0) is 11.3 Å². The van der Waals surface area contributed by atoms with Crippen LogP contribution in [0.15, 0.2) is 18.2 Å². The zero-order chi connectivity index (χ0) is 15.0. The number of nitriles is 1. The van der Waals surface area contributed by atoms with Crippen molar-refractivity contribution in [2.45, 2.75) is 32.9 Å². The number of carbonyl (C=O) groups excluding carboxylic acids is 1. The molecule has 20 heavy (non-hydrogen) atoms. The molecule has 1 rings (SSSR count). The Hall–Kier alpha value is -2.06. The molecule has 0 saturated heterocycles. The monoisotopic (exact) mass is 275 g/mol. The first-order valence-electron chi connectivity index (χ1n) is 6.70. The van der Waals surface area contributed by atoms with Crippen LogP contribution in [0.25, 0.3) is 0 Å². The zero-order valence-corrected chi connectivity index (χ0v) is 12.2. The largest absolute Gasteiger partial charge is 0.495 e. The van der Waals surface area contributed by atoms with Crippen LogP contribution in [-0.4, -0.2) is 25.6 Å². The van der Waals surface area contributed by atoms with E-state index in [1.165, 1.54) is 7.11 Å². The minimum Gasteiger partial charge on any atom is -0.495 e. The second kappa shape index (κ2) is 8.18. The molecule has 2 N–H and O–H groups in total. The van der Waals surface area contributed by atoms with Gasteiger partial charge in [-0.2, -0.15) is 5.26 Å². The van der Waals surface area contributed by atoms with Crippen molar-refractivity contribution in [2.24, 2.45) is 0 Å². The smallest absolute Gasteiger partial charge is 0.236 e. The maximum absolute atomic E-state index is 11.7. The van der Waals surface area contributed by atoms with Crippen LogP contribution in [0.4, 0.5) is 0 Å². The molecule has 1 amide bonds. The Morgan fingerprint density at radius 1 is 1.50 bits per heavy atom. The summed E-state index contributed by atoms with van der Waals surface area (Å²) in [5, 5.41) is 14.9. The summed E-state index contributed by atoms with van der Waals surface area (Å²) in [5.41, 5.74) is 1.47. The Morgan fingerprint density at radius 3 is 2.85 bits per heavy atom. The first kappa shape index (κ1) is 16.0. The van der Waals surface area contributed by atoms with E-state index >= 15 is 0 Å². The standard InChI is InChI=1S/C15H21N3O2/c1-4-7-17-15(19)11(2)18-10-12-5-6-13(9-16)14(8-12)20-3/h5-6,8,11,18H,4,7,10H2,1-3H3,(H,17,19). The van der Waals surface area contributed by atoms with Crippen molar-refractivity contribution in [1.82, 2.24) is 10.6 Å². The third kappa shape index (κ3) is 4.56. The van der Waals surface area contributed by atoms with E-state index in [0.717, 1.165) is 12.0 Å². The Labute approximate surface area is 119 Å². The average Bonchev–Trinajstić information content (AvgIpc) is 2.49. The lowest BCUT2D eigenvalue weighted by Gasteiger charge is -2.14. The van der Waals surface area contributed by atoms with E-state index in [1.54, 1.807) is 6.07 Å². The highest BCUT2D eigenvalue weighted by atomic mass is 16.5. The van der Waals surface area contributed by atoms with Crippen molar-refractivity contribution in [3.63, 3.8) is 0 Å². The number of benzene rings is 1. The van der Waals surface area contributed by atoms with Gasteiger partial charge < -0.3 is 15.4 Å². The van der Waals surface area contributed by atoms with Crippen LogP contribution in [0.2, 0.25) is 0 Å². The number of nitrogens with zero attached hydrogens (tertiary/aromatic N) is 1. The second-order valence-electron chi connectivity index (χ2n) is 4.54. The van der Waals surface area contributed by atoms with Gasteiger partial charge in [-0.3, -0.25) is 4.79 Å². The molecule has 1 aromatic carbocycles. The summed E-state index contributed by atoms with van der Waals surface area (Å²) in [6.45, 7) is 5.07.